The number of carbonyl (C=O) groups is 1. The van der Waals surface area contributed by atoms with E-state index in [1.165, 1.54) is 0 Å². The Morgan fingerprint density at radius 2 is 1.83 bits per heavy atom. The normalized spacial score (nSPS) is 11.4. The molecule has 0 aliphatic carbocycles. The average Bonchev–Trinajstić information content (AvgIpc) is 2.38. The first-order valence-electron chi connectivity index (χ1n) is 5.44. The van der Waals surface area contributed by atoms with Crippen LogP contribution >= 0.6 is 15.9 Å². The number of Topliss-reactive ketones (excluding diaryl/α,β-unsaturated/α-hetero) is 1. The molecule has 1 heterocycles. The minimum absolute atomic E-state index is 0. The second-order valence-electron chi connectivity index (χ2n) is 3.88. The fourth-order valence-corrected chi connectivity index (χ4v) is 2.07. The van der Waals surface area contributed by atoms with Gasteiger partial charge in [-0.15, -0.1) is 0 Å². The van der Waals surface area contributed by atoms with Gasteiger partial charge in [0.05, 0.1) is 4.47 Å². The second kappa shape index (κ2) is 6.81. The van der Waals surface area contributed by atoms with Crippen LogP contribution in [0.2, 0.25) is 0 Å². The third kappa shape index (κ3) is 3.50. The molecule has 0 N–H and O–H groups in total. The maximum Gasteiger partial charge on any atom is 0.230 e. The highest BCUT2D eigenvalue weighted by molar-refractivity contribution is 9.10. The Labute approximate surface area is 126 Å². The number of rotatable bonds is 3. The molecule has 1 unspecified atom stereocenters. The molecule has 1 aromatic heterocycles. The van der Waals surface area contributed by atoms with Crippen molar-refractivity contribution in [2.75, 3.05) is 0 Å². The number of carbonyl (C=O) groups excluding carboxylic acids is 1. The number of pyridine rings is 1. The Balaban J connectivity index is 0.00000162. The maximum atomic E-state index is 12.2. The Morgan fingerprint density at radius 3 is 2.44 bits per heavy atom. The molecule has 0 saturated carbocycles. The average molecular weight is 371 g/mol. The number of aromatic nitrogens is 1. The van der Waals surface area contributed by atoms with Crippen LogP contribution in [0.1, 0.15) is 23.3 Å². The molecule has 18 heavy (non-hydrogen) atoms. The summed E-state index contributed by atoms with van der Waals surface area (Å²) >= 11 is 3.40. The number of hydrogen-bond donors (Lipinski definition) is 0. The molecule has 0 amide bonds. The van der Waals surface area contributed by atoms with Gasteiger partial charge in [0, 0.05) is 18.6 Å². The lowest BCUT2D eigenvalue weighted by molar-refractivity contribution is -0.705. The van der Waals surface area contributed by atoms with Gasteiger partial charge in [-0.1, -0.05) is 30.3 Å². The number of benzene rings is 1. The first kappa shape index (κ1) is 15.1. The van der Waals surface area contributed by atoms with Crippen molar-refractivity contribution < 1.29 is 26.3 Å². The van der Waals surface area contributed by atoms with E-state index in [1.54, 1.807) is 0 Å². The topological polar surface area (TPSA) is 20.9 Å². The van der Waals surface area contributed by atoms with Crippen LogP contribution in [0, 0.1) is 0 Å². The zero-order valence-electron chi connectivity index (χ0n) is 9.88. The molecule has 0 saturated heterocycles. The molecule has 0 aliphatic rings. The lowest BCUT2D eigenvalue weighted by Gasteiger charge is -2.06. The summed E-state index contributed by atoms with van der Waals surface area (Å²) in [7, 11) is 0. The molecule has 0 aliphatic heterocycles. The van der Waals surface area contributed by atoms with E-state index >= 15 is 0 Å². The van der Waals surface area contributed by atoms with Gasteiger partial charge in [0.25, 0.3) is 0 Å². The predicted molar refractivity (Wildman–Crippen MR) is 69.8 cm³/mol. The molecular weight excluding hydrogens is 358 g/mol. The Hall–Kier alpha value is -1.000. The number of nitrogens with zero attached hydrogens (tertiary/aromatic N) is 1. The van der Waals surface area contributed by atoms with Gasteiger partial charge in [-0.3, -0.25) is 4.79 Å². The van der Waals surface area contributed by atoms with Crippen LogP contribution in [-0.4, -0.2) is 5.78 Å². The molecule has 2 nitrogen and oxygen atoms in total. The van der Waals surface area contributed by atoms with Gasteiger partial charge in [0.2, 0.25) is 11.8 Å². The van der Waals surface area contributed by atoms with E-state index in [2.05, 4.69) is 15.9 Å². The summed E-state index contributed by atoms with van der Waals surface area (Å²) in [5, 5.41) is 0. The highest BCUT2D eigenvalue weighted by Crippen LogP contribution is 2.10. The van der Waals surface area contributed by atoms with Crippen LogP contribution in [0.15, 0.2) is 59.3 Å². The highest BCUT2D eigenvalue weighted by Gasteiger charge is 2.22. The Morgan fingerprint density at radius 1 is 1.17 bits per heavy atom. The van der Waals surface area contributed by atoms with E-state index in [9.17, 15) is 4.79 Å². The van der Waals surface area contributed by atoms with Crippen molar-refractivity contribution in [3.05, 3.63) is 64.9 Å². The minimum Gasteiger partial charge on any atom is -1.00 e. The van der Waals surface area contributed by atoms with Crippen LogP contribution in [0.3, 0.4) is 0 Å². The van der Waals surface area contributed by atoms with Crippen molar-refractivity contribution in [2.24, 2.45) is 0 Å². The Bertz CT molecular complexity index is 528. The van der Waals surface area contributed by atoms with E-state index in [0.717, 1.165) is 10.0 Å². The zero-order valence-corrected chi connectivity index (χ0v) is 13.1. The van der Waals surface area contributed by atoms with Gasteiger partial charge >= 0.3 is 0 Å². The van der Waals surface area contributed by atoms with Gasteiger partial charge < -0.3 is 17.0 Å². The molecular formula is C14H13Br2NO. The molecule has 0 bridgehead atoms. The van der Waals surface area contributed by atoms with Gasteiger partial charge in [0.15, 0.2) is 12.4 Å². The number of halogens is 2. The van der Waals surface area contributed by atoms with E-state index in [4.69, 9.17) is 0 Å². The monoisotopic (exact) mass is 369 g/mol. The summed E-state index contributed by atoms with van der Waals surface area (Å²) < 4.78 is 2.87. The van der Waals surface area contributed by atoms with Crippen LogP contribution in [0.5, 0.6) is 0 Å². The van der Waals surface area contributed by atoms with E-state index in [0.29, 0.717) is 0 Å². The lowest BCUT2D eigenvalue weighted by atomic mass is 10.1. The van der Waals surface area contributed by atoms with Gasteiger partial charge in [-0.05, 0) is 22.0 Å². The molecule has 2 aromatic rings. The first-order valence-corrected chi connectivity index (χ1v) is 6.23. The van der Waals surface area contributed by atoms with E-state index < -0.39 is 0 Å². The standard InChI is InChI=1S/C14H13BrNO.BrH/c1-11(16-9-5-8-13(15)10-16)14(17)12-6-3-2-4-7-12;/h2-11H,1H3;1H/q+1;/p-1. The van der Waals surface area contributed by atoms with Gasteiger partial charge in [-0.25, -0.2) is 0 Å². The maximum absolute atomic E-state index is 12.2. The third-order valence-corrected chi connectivity index (χ3v) is 3.14. The highest BCUT2D eigenvalue weighted by atomic mass is 79.9. The lowest BCUT2D eigenvalue weighted by Crippen LogP contribution is -3.00. The van der Waals surface area contributed by atoms with Crippen molar-refractivity contribution in [2.45, 2.75) is 13.0 Å². The molecule has 1 atom stereocenters. The largest absolute Gasteiger partial charge is 1.00 e. The summed E-state index contributed by atoms with van der Waals surface area (Å²) in [6.07, 6.45) is 3.81. The fourth-order valence-electron chi connectivity index (χ4n) is 1.68. The van der Waals surface area contributed by atoms with Crippen LogP contribution in [-0.2, 0) is 0 Å². The minimum atomic E-state index is -0.199. The van der Waals surface area contributed by atoms with Crippen molar-refractivity contribution in [3.63, 3.8) is 0 Å². The molecule has 0 fully saturated rings. The predicted octanol–water partition coefficient (Wildman–Crippen LogP) is 0.184. The quantitative estimate of drug-likeness (QED) is 0.558. The number of ketones is 1. The molecule has 4 heteroatoms. The van der Waals surface area contributed by atoms with Gasteiger partial charge in [-0.2, -0.15) is 4.57 Å². The molecule has 0 spiro atoms. The summed E-state index contributed by atoms with van der Waals surface area (Å²) in [5.74, 6) is 0.119. The van der Waals surface area contributed by atoms with Crippen LogP contribution < -0.4 is 21.5 Å². The molecule has 1 aromatic carbocycles. The molecule has 0 radical (unpaired) electrons. The van der Waals surface area contributed by atoms with E-state index in [-0.39, 0.29) is 28.8 Å². The zero-order chi connectivity index (χ0) is 12.3. The number of hydrogen-bond acceptors (Lipinski definition) is 1. The van der Waals surface area contributed by atoms with Gasteiger partial charge in [0.1, 0.15) is 0 Å². The smallest absolute Gasteiger partial charge is 0.230 e. The summed E-state index contributed by atoms with van der Waals surface area (Å²) in [6.45, 7) is 1.90. The van der Waals surface area contributed by atoms with Crippen molar-refractivity contribution in [1.82, 2.24) is 0 Å². The van der Waals surface area contributed by atoms with Crippen molar-refractivity contribution in [3.8, 4) is 0 Å². The van der Waals surface area contributed by atoms with E-state index in [1.807, 2.05) is 66.3 Å². The van der Waals surface area contributed by atoms with Crippen molar-refractivity contribution in [1.29, 1.82) is 0 Å². The fraction of sp³-hybridized carbons (Fsp3) is 0.143. The Kier molecular flexibility index (Phi) is 5.69. The first-order chi connectivity index (χ1) is 8.18. The SMILES string of the molecule is CC(C(=O)c1ccccc1)[n+]1cccc(Br)c1.[Br-]. The van der Waals surface area contributed by atoms with Crippen LogP contribution in [0.4, 0.5) is 0 Å². The summed E-state index contributed by atoms with van der Waals surface area (Å²) in [6, 6.07) is 13.0. The molecule has 94 valence electrons. The third-order valence-electron chi connectivity index (χ3n) is 2.67. The summed E-state index contributed by atoms with van der Waals surface area (Å²) in [4.78, 5) is 12.2. The van der Waals surface area contributed by atoms with Crippen molar-refractivity contribution >= 4 is 21.7 Å². The second-order valence-corrected chi connectivity index (χ2v) is 4.79. The summed E-state index contributed by atoms with van der Waals surface area (Å²) in [5.41, 5.74) is 0.743. The molecule has 2 rings (SSSR count). The van der Waals surface area contributed by atoms with Crippen LogP contribution in [0.25, 0.3) is 0 Å².